The molecular weight excluding hydrogens is 664 g/mol. The van der Waals surface area contributed by atoms with Gasteiger partial charge in [-0.05, 0) is 62.4 Å². The van der Waals surface area contributed by atoms with Crippen molar-refractivity contribution < 1.29 is 54.1 Å². The molecule has 1 aliphatic rings. The van der Waals surface area contributed by atoms with Gasteiger partial charge in [-0.25, -0.2) is 9.59 Å². The molecule has 1 fully saturated rings. The van der Waals surface area contributed by atoms with E-state index in [0.29, 0.717) is 0 Å². The normalized spacial score (nSPS) is 21.3. The molecule has 12 nitrogen and oxygen atoms in total. The Bertz CT molecular complexity index is 1930. The maximum absolute atomic E-state index is 13.6. The molecule has 1 heterocycles. The Kier molecular flexibility index (Phi) is 10.7. The first-order valence-corrected chi connectivity index (χ1v) is 17.5. The highest BCUT2D eigenvalue weighted by Crippen LogP contribution is 2.32. The van der Waals surface area contributed by atoms with E-state index in [1.807, 2.05) is 0 Å². The third-order valence-corrected chi connectivity index (χ3v) is 9.98. The molecule has 2 unspecified atom stereocenters. The van der Waals surface area contributed by atoms with Crippen molar-refractivity contribution in [3.63, 3.8) is 0 Å². The molecule has 0 radical (unpaired) electrons. The number of carbonyl (C=O) groups excluding carboxylic acids is 2. The summed E-state index contributed by atoms with van der Waals surface area (Å²) in [6, 6.07) is 26.7. The molecule has 0 bridgehead atoms. The molecule has 1 aliphatic heterocycles. The molecule has 0 amide bonds. The summed E-state index contributed by atoms with van der Waals surface area (Å²) in [5.41, 5.74) is 1.66. The second kappa shape index (κ2) is 14.8. The van der Waals surface area contributed by atoms with Gasteiger partial charge in [0.1, 0.15) is 12.2 Å². The Morgan fingerprint density at radius 1 is 0.625 bits per heavy atom. The van der Waals surface area contributed by atoms with Crippen LogP contribution in [0.5, 0.6) is 0 Å². The lowest BCUT2D eigenvalue weighted by Crippen LogP contribution is -2.62. The van der Waals surface area contributed by atoms with Crippen LogP contribution in [0.1, 0.15) is 31.8 Å². The van der Waals surface area contributed by atoms with E-state index in [4.69, 9.17) is 22.6 Å². The Balaban J connectivity index is 1.54. The predicted octanol–water partition coefficient (Wildman–Crippen LogP) is 3.95. The van der Waals surface area contributed by atoms with Crippen LogP contribution in [0.15, 0.2) is 119 Å². The molecular formula is C34H32O12S2. The number of carbonyl (C=O) groups is 2. The van der Waals surface area contributed by atoms with Gasteiger partial charge in [-0.2, -0.15) is 16.8 Å². The average Bonchev–Trinajstić information content (AvgIpc) is 3.07. The van der Waals surface area contributed by atoms with Crippen LogP contribution >= 0.6 is 0 Å². The van der Waals surface area contributed by atoms with Crippen molar-refractivity contribution in [2.75, 3.05) is 6.61 Å². The van der Waals surface area contributed by atoms with Crippen LogP contribution in [0.3, 0.4) is 0 Å². The Hall–Kier alpha value is -4.44. The van der Waals surface area contributed by atoms with E-state index in [0.717, 1.165) is 11.1 Å². The van der Waals surface area contributed by atoms with E-state index in [2.05, 4.69) is 0 Å². The lowest BCUT2D eigenvalue weighted by molar-refractivity contribution is -0.278. The summed E-state index contributed by atoms with van der Waals surface area (Å²) in [4.78, 5) is 26.0. The SMILES string of the molecule is Cc1ccc(S(=O)(=O)OCC2OC(O)[C@H](OC(=O)c3ccccc3)[C@@H](OC(=O)c3ccccc3)[C@@H]2OS(=O)(=O)c2ccc(C)cc2)cc1. The molecule has 4 aromatic rings. The number of hydrogen-bond acceptors (Lipinski definition) is 12. The molecule has 5 atom stereocenters. The molecule has 0 spiro atoms. The highest BCUT2D eigenvalue weighted by atomic mass is 32.2. The van der Waals surface area contributed by atoms with E-state index < -0.39 is 69.5 Å². The Labute approximate surface area is 278 Å². The van der Waals surface area contributed by atoms with E-state index in [1.165, 1.54) is 60.7 Å². The quantitative estimate of drug-likeness (QED) is 0.177. The number of aryl methyl sites for hydroxylation is 2. The highest BCUT2D eigenvalue weighted by Gasteiger charge is 2.53. The van der Waals surface area contributed by atoms with Gasteiger partial charge in [-0.1, -0.05) is 71.8 Å². The first-order chi connectivity index (χ1) is 22.8. The second-order valence-corrected chi connectivity index (χ2v) is 14.1. The summed E-state index contributed by atoms with van der Waals surface area (Å²) >= 11 is 0. The number of rotatable bonds is 11. The van der Waals surface area contributed by atoms with Crippen LogP contribution in [-0.2, 0) is 42.8 Å². The zero-order valence-corrected chi connectivity index (χ0v) is 27.4. The smallest absolute Gasteiger partial charge is 0.338 e. The van der Waals surface area contributed by atoms with Crippen molar-refractivity contribution in [1.82, 2.24) is 0 Å². The fourth-order valence-electron chi connectivity index (χ4n) is 4.77. The monoisotopic (exact) mass is 696 g/mol. The van der Waals surface area contributed by atoms with Crippen LogP contribution < -0.4 is 0 Å². The van der Waals surface area contributed by atoms with Gasteiger partial charge in [0.2, 0.25) is 0 Å². The van der Waals surface area contributed by atoms with Gasteiger partial charge in [-0.15, -0.1) is 0 Å². The number of esters is 2. The summed E-state index contributed by atoms with van der Waals surface area (Å²) in [6.45, 7) is 2.63. The molecule has 0 aromatic heterocycles. The van der Waals surface area contributed by atoms with Crippen molar-refractivity contribution >= 4 is 32.2 Å². The van der Waals surface area contributed by atoms with Gasteiger partial charge in [0.05, 0.1) is 27.5 Å². The summed E-state index contributed by atoms with van der Waals surface area (Å²) < 4.78 is 81.1. The minimum atomic E-state index is -4.67. The predicted molar refractivity (Wildman–Crippen MR) is 170 cm³/mol. The van der Waals surface area contributed by atoms with E-state index >= 15 is 0 Å². The zero-order valence-electron chi connectivity index (χ0n) is 25.7. The van der Waals surface area contributed by atoms with Crippen molar-refractivity contribution in [2.45, 2.75) is 54.3 Å². The van der Waals surface area contributed by atoms with Crippen LogP contribution in [-0.4, -0.2) is 71.2 Å². The lowest BCUT2D eigenvalue weighted by atomic mass is 9.98. The van der Waals surface area contributed by atoms with Crippen LogP contribution in [0.25, 0.3) is 0 Å². The molecule has 48 heavy (non-hydrogen) atoms. The average molecular weight is 697 g/mol. The maximum atomic E-state index is 13.6. The van der Waals surface area contributed by atoms with Crippen LogP contribution in [0, 0.1) is 13.8 Å². The topological polar surface area (TPSA) is 169 Å². The van der Waals surface area contributed by atoms with E-state index in [1.54, 1.807) is 62.4 Å². The largest absolute Gasteiger partial charge is 0.452 e. The second-order valence-electron chi connectivity index (χ2n) is 10.9. The fourth-order valence-corrected chi connectivity index (χ4v) is 6.80. The minimum Gasteiger partial charge on any atom is -0.452 e. The highest BCUT2D eigenvalue weighted by molar-refractivity contribution is 7.87. The molecule has 5 rings (SSSR count). The molecule has 1 saturated heterocycles. The van der Waals surface area contributed by atoms with Crippen molar-refractivity contribution in [3.05, 3.63) is 131 Å². The first-order valence-electron chi connectivity index (χ1n) is 14.7. The van der Waals surface area contributed by atoms with Crippen LogP contribution in [0.4, 0.5) is 0 Å². The molecule has 14 heteroatoms. The van der Waals surface area contributed by atoms with Gasteiger partial charge in [0.25, 0.3) is 20.2 Å². The standard InChI is InChI=1S/C34H32O12S2/c1-22-13-17-26(18-14-22)47(38,39)42-21-28-29(46-48(40,41)27-19-15-23(2)16-20-27)30(44-32(35)24-9-5-3-6-10-24)31(34(37)43-28)45-33(36)25-11-7-4-8-12-25/h3-20,28-31,34,37H,21H2,1-2H3/t28?,29-,30+,31-,34?/m1/s1. The minimum absolute atomic E-state index is 0.0431. The number of benzene rings is 4. The molecule has 1 N–H and O–H groups in total. The Morgan fingerprint density at radius 3 is 1.54 bits per heavy atom. The summed E-state index contributed by atoms with van der Waals surface area (Å²) in [7, 11) is -9.10. The van der Waals surface area contributed by atoms with Crippen LogP contribution in [0.2, 0.25) is 0 Å². The summed E-state index contributed by atoms with van der Waals surface area (Å²) in [6.07, 6.45) is -9.34. The lowest BCUT2D eigenvalue weighted by Gasteiger charge is -2.42. The first kappa shape index (κ1) is 34.9. The van der Waals surface area contributed by atoms with Gasteiger partial charge in [0, 0.05) is 0 Å². The number of ether oxygens (including phenoxy) is 3. The third kappa shape index (κ3) is 8.34. The number of hydrogen-bond donors (Lipinski definition) is 1. The summed E-state index contributed by atoms with van der Waals surface area (Å²) in [5.74, 6) is -1.94. The zero-order chi connectivity index (χ0) is 34.5. The van der Waals surface area contributed by atoms with E-state index in [-0.39, 0.29) is 20.9 Å². The molecule has 0 aliphatic carbocycles. The third-order valence-electron chi connectivity index (χ3n) is 7.36. The Morgan fingerprint density at radius 2 is 1.06 bits per heavy atom. The van der Waals surface area contributed by atoms with Gasteiger partial charge in [-0.3, -0.25) is 8.37 Å². The number of aliphatic hydroxyl groups excluding tert-OH is 1. The molecule has 4 aromatic carbocycles. The van der Waals surface area contributed by atoms with Crippen molar-refractivity contribution in [3.8, 4) is 0 Å². The van der Waals surface area contributed by atoms with Gasteiger partial charge in [0.15, 0.2) is 18.5 Å². The van der Waals surface area contributed by atoms with Gasteiger partial charge < -0.3 is 19.3 Å². The van der Waals surface area contributed by atoms with E-state index in [9.17, 15) is 31.5 Å². The van der Waals surface area contributed by atoms with Gasteiger partial charge >= 0.3 is 11.9 Å². The van der Waals surface area contributed by atoms with Crippen molar-refractivity contribution in [1.29, 1.82) is 0 Å². The fraction of sp³-hybridized carbons (Fsp3) is 0.235. The molecule has 0 saturated carbocycles. The number of aliphatic hydroxyl groups is 1. The maximum Gasteiger partial charge on any atom is 0.338 e. The van der Waals surface area contributed by atoms with Crippen molar-refractivity contribution in [2.24, 2.45) is 0 Å². The molecule has 252 valence electrons. The summed E-state index contributed by atoms with van der Waals surface area (Å²) in [5, 5.41) is 11.1.